The second kappa shape index (κ2) is 7.92. The van der Waals surface area contributed by atoms with Gasteiger partial charge in [-0.25, -0.2) is 4.39 Å². The van der Waals surface area contributed by atoms with E-state index < -0.39 is 17.4 Å². The summed E-state index contributed by atoms with van der Waals surface area (Å²) in [5, 5.41) is 14.4. The summed E-state index contributed by atoms with van der Waals surface area (Å²) in [4.78, 5) is 15.4. The number of hydrogen-bond donors (Lipinski definition) is 3. The van der Waals surface area contributed by atoms with Gasteiger partial charge >= 0.3 is 0 Å². The fourth-order valence-electron chi connectivity index (χ4n) is 3.77. The summed E-state index contributed by atoms with van der Waals surface area (Å²) in [6.07, 6.45) is 0.724. The summed E-state index contributed by atoms with van der Waals surface area (Å²) in [7, 11) is 3.10. The molecule has 7 nitrogen and oxygen atoms in total. The third-order valence-electron chi connectivity index (χ3n) is 5.19. The van der Waals surface area contributed by atoms with Crippen LogP contribution >= 0.6 is 12.2 Å². The molecule has 1 aliphatic heterocycles. The van der Waals surface area contributed by atoms with Crippen molar-refractivity contribution in [3.05, 3.63) is 74.0 Å². The van der Waals surface area contributed by atoms with Crippen LogP contribution in [0.2, 0.25) is 0 Å². The molecule has 1 aliphatic rings. The second-order valence-corrected chi connectivity index (χ2v) is 7.24. The number of aromatic nitrogens is 2. The van der Waals surface area contributed by atoms with Crippen LogP contribution < -0.4 is 20.3 Å². The SMILES string of the molecule is COc1cc2c(cc1OC)[C@@H](c1c(O)n(-c3ccc(F)cc3)c(=S)[nH]c1=O)NCC2. The van der Waals surface area contributed by atoms with Gasteiger partial charge in [0.05, 0.1) is 31.5 Å². The molecule has 9 heteroatoms. The maximum absolute atomic E-state index is 13.3. The number of rotatable bonds is 4. The van der Waals surface area contributed by atoms with Gasteiger partial charge in [-0.3, -0.25) is 14.3 Å². The number of halogens is 1. The van der Waals surface area contributed by atoms with Crippen LogP contribution in [0.3, 0.4) is 0 Å². The molecule has 0 amide bonds. The van der Waals surface area contributed by atoms with E-state index in [1.54, 1.807) is 13.2 Å². The van der Waals surface area contributed by atoms with E-state index in [1.807, 2.05) is 6.07 Å². The number of methoxy groups -OCH3 is 2. The normalized spacial score (nSPS) is 15.5. The summed E-state index contributed by atoms with van der Waals surface area (Å²) in [6.45, 7) is 0.595. The number of ether oxygens (including phenoxy) is 2. The number of H-pyrrole nitrogens is 1. The zero-order chi connectivity index (χ0) is 21.4. The highest BCUT2D eigenvalue weighted by Gasteiger charge is 2.30. The molecule has 0 bridgehead atoms. The average molecular weight is 429 g/mol. The molecule has 0 aliphatic carbocycles. The number of hydrogen-bond acceptors (Lipinski definition) is 6. The van der Waals surface area contributed by atoms with Crippen LogP contribution in [0.4, 0.5) is 4.39 Å². The van der Waals surface area contributed by atoms with Crippen molar-refractivity contribution < 1.29 is 19.0 Å². The van der Waals surface area contributed by atoms with Crippen molar-refractivity contribution in [2.24, 2.45) is 0 Å². The second-order valence-electron chi connectivity index (χ2n) is 6.85. The Kier molecular flexibility index (Phi) is 5.31. The van der Waals surface area contributed by atoms with E-state index in [-0.39, 0.29) is 16.2 Å². The summed E-state index contributed by atoms with van der Waals surface area (Å²) in [5.41, 5.74) is 1.81. The molecule has 0 fully saturated rings. The minimum atomic E-state index is -0.598. The van der Waals surface area contributed by atoms with Gasteiger partial charge in [-0.05, 0) is 66.2 Å². The average Bonchev–Trinajstić information content (AvgIpc) is 2.73. The zero-order valence-electron chi connectivity index (χ0n) is 16.4. The first kappa shape index (κ1) is 20.1. The first-order valence-electron chi connectivity index (χ1n) is 9.27. The predicted octanol–water partition coefficient (Wildman–Crippen LogP) is 2.99. The van der Waals surface area contributed by atoms with Crippen LogP contribution in [0, 0.1) is 10.6 Å². The Morgan fingerprint density at radius 2 is 1.83 bits per heavy atom. The molecule has 0 saturated carbocycles. The van der Waals surface area contributed by atoms with Crippen molar-refractivity contribution in [1.29, 1.82) is 0 Å². The van der Waals surface area contributed by atoms with Crippen molar-refractivity contribution in [2.75, 3.05) is 20.8 Å². The Hall–Kier alpha value is -3.17. The lowest BCUT2D eigenvalue weighted by Crippen LogP contribution is -2.35. The molecule has 0 spiro atoms. The number of benzene rings is 2. The van der Waals surface area contributed by atoms with Gasteiger partial charge in [0.25, 0.3) is 5.56 Å². The van der Waals surface area contributed by atoms with Gasteiger partial charge in [-0.1, -0.05) is 0 Å². The number of aromatic amines is 1. The summed E-state index contributed by atoms with van der Waals surface area (Å²) >= 11 is 5.25. The quantitative estimate of drug-likeness (QED) is 0.553. The molecular formula is C21H20FN3O4S. The van der Waals surface area contributed by atoms with Crippen LogP contribution in [0.25, 0.3) is 5.69 Å². The molecule has 2 aromatic carbocycles. The van der Waals surface area contributed by atoms with Crippen molar-refractivity contribution in [1.82, 2.24) is 14.9 Å². The third kappa shape index (κ3) is 3.35. The van der Waals surface area contributed by atoms with Crippen molar-refractivity contribution in [3.8, 4) is 23.1 Å². The van der Waals surface area contributed by atoms with E-state index in [0.29, 0.717) is 23.7 Å². The smallest absolute Gasteiger partial charge is 0.260 e. The first-order chi connectivity index (χ1) is 14.4. The minimum absolute atomic E-state index is 0.0104. The largest absolute Gasteiger partial charge is 0.494 e. The van der Waals surface area contributed by atoms with Gasteiger partial charge < -0.3 is 19.9 Å². The molecule has 30 heavy (non-hydrogen) atoms. The minimum Gasteiger partial charge on any atom is -0.494 e. The highest BCUT2D eigenvalue weighted by atomic mass is 32.1. The standard InChI is InChI=1S/C21H20FN3O4S/c1-28-15-9-11-7-8-23-18(14(11)10-16(15)29-2)17-19(26)24-21(30)25(20(17)27)13-5-3-12(22)4-6-13/h3-6,9-10,18,23,27H,7-8H2,1-2H3,(H,24,26,30)/t18-/m0/s1. The molecule has 0 unspecified atom stereocenters. The van der Waals surface area contributed by atoms with Gasteiger partial charge in [0, 0.05) is 6.54 Å². The van der Waals surface area contributed by atoms with Crippen molar-refractivity contribution in [3.63, 3.8) is 0 Å². The molecule has 4 rings (SSSR count). The van der Waals surface area contributed by atoms with Crippen LogP contribution in [-0.4, -0.2) is 35.4 Å². The molecule has 0 radical (unpaired) electrons. The fraction of sp³-hybridized carbons (Fsp3) is 0.238. The summed E-state index contributed by atoms with van der Waals surface area (Å²) in [5.74, 6) is 0.387. The summed E-state index contributed by atoms with van der Waals surface area (Å²) in [6, 6.07) is 8.54. The van der Waals surface area contributed by atoms with Crippen LogP contribution in [-0.2, 0) is 6.42 Å². The maximum Gasteiger partial charge on any atom is 0.260 e. The van der Waals surface area contributed by atoms with E-state index >= 15 is 0 Å². The Labute approximate surface area is 176 Å². The maximum atomic E-state index is 13.3. The number of nitrogens with zero attached hydrogens (tertiary/aromatic N) is 1. The Balaban J connectivity index is 1.93. The van der Waals surface area contributed by atoms with Crippen molar-refractivity contribution >= 4 is 12.2 Å². The Morgan fingerprint density at radius 3 is 2.50 bits per heavy atom. The highest BCUT2D eigenvalue weighted by molar-refractivity contribution is 7.71. The monoisotopic (exact) mass is 429 g/mol. The zero-order valence-corrected chi connectivity index (χ0v) is 17.2. The lowest BCUT2D eigenvalue weighted by Gasteiger charge is -2.29. The number of fused-ring (bicyclic) bond motifs is 1. The topological polar surface area (TPSA) is 88.5 Å². The molecule has 1 atom stereocenters. The lowest BCUT2D eigenvalue weighted by atomic mass is 9.90. The number of aromatic hydroxyl groups is 1. The van der Waals surface area contributed by atoms with E-state index in [2.05, 4.69) is 10.3 Å². The lowest BCUT2D eigenvalue weighted by molar-refractivity contribution is 0.352. The predicted molar refractivity (Wildman–Crippen MR) is 112 cm³/mol. The molecular weight excluding hydrogens is 409 g/mol. The van der Waals surface area contributed by atoms with E-state index in [9.17, 15) is 14.3 Å². The van der Waals surface area contributed by atoms with Gasteiger partial charge in [-0.15, -0.1) is 0 Å². The van der Waals surface area contributed by atoms with Gasteiger partial charge in [0.2, 0.25) is 5.88 Å². The summed E-state index contributed by atoms with van der Waals surface area (Å²) < 4.78 is 25.5. The van der Waals surface area contributed by atoms with Gasteiger partial charge in [-0.2, -0.15) is 0 Å². The van der Waals surface area contributed by atoms with Gasteiger partial charge in [0.1, 0.15) is 5.82 Å². The van der Waals surface area contributed by atoms with E-state index in [0.717, 1.165) is 17.5 Å². The third-order valence-corrected chi connectivity index (χ3v) is 5.48. The Bertz CT molecular complexity index is 1220. The molecule has 156 valence electrons. The van der Waals surface area contributed by atoms with Crippen molar-refractivity contribution in [2.45, 2.75) is 12.5 Å². The highest BCUT2D eigenvalue weighted by Crippen LogP contribution is 2.38. The van der Waals surface area contributed by atoms with E-state index in [4.69, 9.17) is 21.7 Å². The van der Waals surface area contributed by atoms with Gasteiger partial charge in [0.15, 0.2) is 16.3 Å². The van der Waals surface area contributed by atoms with Crippen LogP contribution in [0.1, 0.15) is 22.7 Å². The van der Waals surface area contributed by atoms with Crippen LogP contribution in [0.15, 0.2) is 41.2 Å². The molecule has 1 aromatic heterocycles. The molecule has 0 saturated heterocycles. The van der Waals surface area contributed by atoms with E-state index in [1.165, 1.54) is 35.9 Å². The molecule has 3 N–H and O–H groups in total. The first-order valence-corrected chi connectivity index (χ1v) is 9.67. The number of nitrogens with one attached hydrogen (secondary N) is 2. The fourth-order valence-corrected chi connectivity index (χ4v) is 4.05. The van der Waals surface area contributed by atoms with Crippen LogP contribution in [0.5, 0.6) is 17.4 Å². The molecule has 2 heterocycles. The Morgan fingerprint density at radius 1 is 1.17 bits per heavy atom. The molecule has 3 aromatic rings.